The minimum atomic E-state index is -0.584. The molecule has 6 heteroatoms. The molecule has 2 aliphatic heterocycles. The zero-order chi connectivity index (χ0) is 19.5. The van der Waals surface area contributed by atoms with Crippen molar-refractivity contribution in [2.24, 2.45) is 11.8 Å². The highest BCUT2D eigenvalue weighted by Crippen LogP contribution is 2.26. The second-order valence-corrected chi connectivity index (χ2v) is 8.06. The first kappa shape index (κ1) is 18.9. The molecule has 2 atom stereocenters. The number of rotatable bonds is 3. The molecule has 2 fully saturated rings. The minimum Gasteiger partial charge on any atom is -0.392 e. The number of likely N-dealkylation sites (tertiary alicyclic amines) is 1. The lowest BCUT2D eigenvalue weighted by atomic mass is 9.91. The van der Waals surface area contributed by atoms with Crippen molar-refractivity contribution in [3.05, 3.63) is 42.5 Å². The topological polar surface area (TPSA) is 69.6 Å². The van der Waals surface area contributed by atoms with E-state index < -0.39 is 12.0 Å². The molecule has 2 aromatic rings. The fourth-order valence-electron chi connectivity index (χ4n) is 4.11. The lowest BCUT2D eigenvalue weighted by molar-refractivity contribution is -0.141. The molecule has 28 heavy (non-hydrogen) atoms. The molecule has 2 aliphatic rings. The molecule has 0 aliphatic carbocycles. The first-order chi connectivity index (χ1) is 13.6. The third kappa shape index (κ3) is 4.02. The van der Waals surface area contributed by atoms with E-state index in [-0.39, 0.29) is 5.91 Å². The lowest BCUT2D eigenvalue weighted by Gasteiger charge is -2.39. The summed E-state index contributed by atoms with van der Waals surface area (Å²) in [6.45, 7) is 5.01. The number of hydrogen-bond acceptors (Lipinski definition) is 5. The first-order valence-electron chi connectivity index (χ1n) is 10.2. The van der Waals surface area contributed by atoms with E-state index in [1.54, 1.807) is 0 Å². The Bertz CT molecular complexity index is 788. The highest BCUT2D eigenvalue weighted by molar-refractivity contribution is 5.80. The molecule has 0 bridgehead atoms. The van der Waals surface area contributed by atoms with Crippen LogP contribution in [0.2, 0.25) is 0 Å². The summed E-state index contributed by atoms with van der Waals surface area (Å²) in [5.41, 5.74) is 1.86. The molecule has 1 aromatic heterocycles. The summed E-state index contributed by atoms with van der Waals surface area (Å²) in [5.74, 6) is 1.13. The van der Waals surface area contributed by atoms with Gasteiger partial charge in [0.15, 0.2) is 5.82 Å². The van der Waals surface area contributed by atoms with E-state index in [1.807, 2.05) is 47.4 Å². The minimum absolute atomic E-state index is 0.0814. The molecular weight excluding hydrogens is 352 g/mol. The summed E-state index contributed by atoms with van der Waals surface area (Å²) in [6, 6.07) is 13.9. The van der Waals surface area contributed by atoms with E-state index in [0.29, 0.717) is 25.4 Å². The van der Waals surface area contributed by atoms with Gasteiger partial charge < -0.3 is 14.9 Å². The van der Waals surface area contributed by atoms with Gasteiger partial charge in [-0.1, -0.05) is 37.3 Å². The van der Waals surface area contributed by atoms with Crippen LogP contribution in [0.5, 0.6) is 0 Å². The van der Waals surface area contributed by atoms with E-state index in [9.17, 15) is 9.90 Å². The zero-order valence-electron chi connectivity index (χ0n) is 16.4. The molecule has 3 heterocycles. The molecule has 4 rings (SSSR count). The van der Waals surface area contributed by atoms with E-state index >= 15 is 0 Å². The average Bonchev–Trinajstić information content (AvgIpc) is 2.75. The highest BCUT2D eigenvalue weighted by Gasteiger charge is 2.37. The molecule has 148 valence electrons. The standard InChI is InChI=1S/C22H28N4O2/c1-16-9-12-25(13-10-16)22(28)18-15-26(14-11-20(18)27)21-8-7-19(23-24-21)17-5-3-2-4-6-17/h2-8,16,18,20,27H,9-15H2,1H3/t18-,20+/m0/s1. The Balaban J connectivity index is 1.45. The molecule has 0 spiro atoms. The number of aliphatic hydroxyl groups is 1. The number of benzene rings is 1. The second kappa shape index (κ2) is 8.27. The summed E-state index contributed by atoms with van der Waals surface area (Å²) in [6.07, 6.45) is 2.08. The second-order valence-electron chi connectivity index (χ2n) is 8.06. The first-order valence-corrected chi connectivity index (χ1v) is 10.2. The van der Waals surface area contributed by atoms with Crippen molar-refractivity contribution in [3.8, 4) is 11.3 Å². The number of nitrogens with zero attached hydrogens (tertiary/aromatic N) is 4. The van der Waals surface area contributed by atoms with Crippen LogP contribution in [-0.4, -0.2) is 58.4 Å². The maximum absolute atomic E-state index is 13.0. The summed E-state index contributed by atoms with van der Waals surface area (Å²) >= 11 is 0. The van der Waals surface area contributed by atoms with Crippen molar-refractivity contribution >= 4 is 11.7 Å². The predicted octanol–water partition coefficient (Wildman–Crippen LogP) is 2.59. The Morgan fingerprint density at radius 3 is 2.43 bits per heavy atom. The van der Waals surface area contributed by atoms with Crippen molar-refractivity contribution in [2.45, 2.75) is 32.3 Å². The van der Waals surface area contributed by atoms with E-state index in [1.165, 1.54) is 0 Å². The number of piperidine rings is 2. The van der Waals surface area contributed by atoms with Crippen LogP contribution in [-0.2, 0) is 4.79 Å². The van der Waals surface area contributed by atoms with Gasteiger partial charge in [0.05, 0.1) is 17.7 Å². The highest BCUT2D eigenvalue weighted by atomic mass is 16.3. The third-order valence-corrected chi connectivity index (χ3v) is 6.03. The van der Waals surface area contributed by atoms with Crippen molar-refractivity contribution in [1.82, 2.24) is 15.1 Å². The van der Waals surface area contributed by atoms with Crippen LogP contribution in [0.25, 0.3) is 11.3 Å². The largest absolute Gasteiger partial charge is 0.392 e. The van der Waals surface area contributed by atoms with Crippen LogP contribution >= 0.6 is 0 Å². The average molecular weight is 380 g/mol. The molecule has 1 amide bonds. The number of aromatic nitrogens is 2. The number of aliphatic hydroxyl groups excluding tert-OH is 1. The Morgan fingerprint density at radius 2 is 1.75 bits per heavy atom. The maximum Gasteiger partial charge on any atom is 0.230 e. The van der Waals surface area contributed by atoms with Gasteiger partial charge in [0.2, 0.25) is 5.91 Å². The molecule has 1 N–H and O–H groups in total. The smallest absolute Gasteiger partial charge is 0.230 e. The Hall–Kier alpha value is -2.47. The summed E-state index contributed by atoms with van der Waals surface area (Å²) < 4.78 is 0. The predicted molar refractivity (Wildman–Crippen MR) is 109 cm³/mol. The zero-order valence-corrected chi connectivity index (χ0v) is 16.4. The number of hydrogen-bond donors (Lipinski definition) is 1. The maximum atomic E-state index is 13.0. The fraction of sp³-hybridized carbons (Fsp3) is 0.500. The van der Waals surface area contributed by atoms with Gasteiger partial charge in [-0.2, -0.15) is 0 Å². The molecule has 0 saturated carbocycles. The third-order valence-electron chi connectivity index (χ3n) is 6.03. The van der Waals surface area contributed by atoms with Crippen molar-refractivity contribution in [1.29, 1.82) is 0 Å². The van der Waals surface area contributed by atoms with Crippen LogP contribution in [0.15, 0.2) is 42.5 Å². The summed E-state index contributed by atoms with van der Waals surface area (Å²) in [5, 5.41) is 19.2. The normalized spacial score (nSPS) is 23.6. The van der Waals surface area contributed by atoms with Crippen LogP contribution in [0.3, 0.4) is 0 Å². The quantitative estimate of drug-likeness (QED) is 0.886. The Kier molecular flexibility index (Phi) is 5.57. The van der Waals surface area contributed by atoms with Crippen LogP contribution in [0.4, 0.5) is 5.82 Å². The number of anilines is 1. The number of amides is 1. The van der Waals surface area contributed by atoms with Crippen molar-refractivity contribution < 1.29 is 9.90 Å². The van der Waals surface area contributed by atoms with E-state index in [2.05, 4.69) is 22.0 Å². The monoisotopic (exact) mass is 380 g/mol. The molecule has 1 aromatic carbocycles. The lowest BCUT2D eigenvalue weighted by Crippen LogP contribution is -2.52. The summed E-state index contributed by atoms with van der Waals surface area (Å²) in [7, 11) is 0. The van der Waals surface area contributed by atoms with E-state index in [0.717, 1.165) is 43.0 Å². The van der Waals surface area contributed by atoms with Crippen LogP contribution in [0, 0.1) is 11.8 Å². The summed E-state index contributed by atoms with van der Waals surface area (Å²) in [4.78, 5) is 17.0. The molecule has 0 unspecified atom stereocenters. The van der Waals surface area contributed by atoms with Gasteiger partial charge in [-0.05, 0) is 37.3 Å². The van der Waals surface area contributed by atoms with Gasteiger partial charge in [0, 0.05) is 31.7 Å². The van der Waals surface area contributed by atoms with Gasteiger partial charge in [-0.15, -0.1) is 10.2 Å². The Morgan fingerprint density at radius 1 is 1.00 bits per heavy atom. The number of carbonyl (C=O) groups excluding carboxylic acids is 1. The van der Waals surface area contributed by atoms with Crippen LogP contribution < -0.4 is 4.90 Å². The molecule has 0 radical (unpaired) electrons. The fourth-order valence-corrected chi connectivity index (χ4v) is 4.11. The van der Waals surface area contributed by atoms with Crippen molar-refractivity contribution in [3.63, 3.8) is 0 Å². The van der Waals surface area contributed by atoms with Gasteiger partial charge >= 0.3 is 0 Å². The van der Waals surface area contributed by atoms with Gasteiger partial charge in [0.1, 0.15) is 0 Å². The molecule has 6 nitrogen and oxygen atoms in total. The Labute approximate surface area is 166 Å². The van der Waals surface area contributed by atoms with Gasteiger partial charge in [-0.3, -0.25) is 4.79 Å². The van der Waals surface area contributed by atoms with Gasteiger partial charge in [-0.25, -0.2) is 0 Å². The van der Waals surface area contributed by atoms with Gasteiger partial charge in [0.25, 0.3) is 0 Å². The molecular formula is C22H28N4O2. The number of carbonyl (C=O) groups is 1. The SMILES string of the molecule is CC1CCN(C(=O)[C@H]2CN(c3ccc(-c4ccccc4)nn3)CC[C@H]2O)CC1. The molecule has 2 saturated heterocycles. The van der Waals surface area contributed by atoms with Crippen LogP contribution in [0.1, 0.15) is 26.2 Å². The van der Waals surface area contributed by atoms with E-state index in [4.69, 9.17) is 0 Å². The van der Waals surface area contributed by atoms with Crippen molar-refractivity contribution in [2.75, 3.05) is 31.1 Å².